The third-order valence-corrected chi connectivity index (χ3v) is 11.3. The summed E-state index contributed by atoms with van der Waals surface area (Å²) in [7, 11) is -7.54. The Kier molecular flexibility index (Phi) is 11.5. The molecule has 8 aromatic rings. The van der Waals surface area contributed by atoms with E-state index < -0.39 is 31.1 Å². The van der Waals surface area contributed by atoms with Crippen molar-refractivity contribution in [1.82, 2.24) is 15.0 Å². The number of rotatable bonds is 13. The van der Waals surface area contributed by atoms with Gasteiger partial charge in [0.25, 0.3) is 20.2 Å². The number of aromatic nitrogens is 3. The van der Waals surface area contributed by atoms with E-state index in [-0.39, 0.29) is 62.5 Å². The summed E-state index contributed by atoms with van der Waals surface area (Å²) in [5.41, 5.74) is 2.35. The number of aromatic hydroxyl groups is 3. The van der Waals surface area contributed by atoms with Gasteiger partial charge in [0.1, 0.15) is 28.6 Å². The van der Waals surface area contributed by atoms with Gasteiger partial charge in [-0.25, -0.2) is 0 Å². The molecule has 0 saturated heterocycles. The fourth-order valence-corrected chi connectivity index (χ4v) is 7.70. The van der Waals surface area contributed by atoms with Crippen LogP contribution in [0.15, 0.2) is 158 Å². The van der Waals surface area contributed by atoms with Crippen LogP contribution in [0.3, 0.4) is 0 Å². The van der Waals surface area contributed by atoms with Crippen LogP contribution in [0.2, 0.25) is 0 Å². The van der Waals surface area contributed by atoms with E-state index in [1.54, 1.807) is 48.5 Å². The number of azo groups is 2. The first-order chi connectivity index (χ1) is 30.6. The van der Waals surface area contributed by atoms with E-state index in [1.807, 2.05) is 18.2 Å². The summed E-state index contributed by atoms with van der Waals surface area (Å²) in [4.78, 5) is 11.5. The number of methoxy groups -OCH3 is 1. The molecule has 0 amide bonds. The second-order valence-electron chi connectivity index (χ2n) is 13.9. The van der Waals surface area contributed by atoms with Gasteiger partial charge in [0.2, 0.25) is 11.9 Å². The maximum absolute atomic E-state index is 11.7. The van der Waals surface area contributed by atoms with Crippen molar-refractivity contribution in [2.45, 2.75) is 16.2 Å². The Morgan fingerprint density at radius 3 is 1.95 bits per heavy atom. The summed E-state index contributed by atoms with van der Waals surface area (Å²) >= 11 is 0. The van der Waals surface area contributed by atoms with Crippen molar-refractivity contribution in [2.75, 3.05) is 17.7 Å². The predicted molar refractivity (Wildman–Crippen MR) is 236 cm³/mol. The number of ether oxygens (including phenoxy) is 1. The topological polar surface area (TPSA) is 291 Å². The summed E-state index contributed by atoms with van der Waals surface area (Å²) in [6.45, 7) is 0. The van der Waals surface area contributed by atoms with Crippen LogP contribution in [-0.2, 0) is 26.7 Å². The van der Waals surface area contributed by atoms with E-state index in [4.69, 9.17) is 4.74 Å². The second kappa shape index (κ2) is 17.3. The Balaban J connectivity index is 1.16. The molecule has 8 rings (SSSR count). The Morgan fingerprint density at radius 1 is 0.578 bits per heavy atom. The Morgan fingerprint density at radius 2 is 1.20 bits per heavy atom. The van der Waals surface area contributed by atoms with Crippen LogP contribution in [0.5, 0.6) is 23.3 Å². The summed E-state index contributed by atoms with van der Waals surface area (Å²) in [5.74, 6) is -0.482. The second-order valence-corrected chi connectivity index (χ2v) is 16.8. The fourth-order valence-electron chi connectivity index (χ4n) is 6.62. The van der Waals surface area contributed by atoms with Gasteiger partial charge in [0.05, 0.1) is 33.7 Å². The van der Waals surface area contributed by atoms with Gasteiger partial charge in [-0.05, 0) is 89.0 Å². The van der Waals surface area contributed by atoms with Gasteiger partial charge in [0.15, 0.2) is 5.75 Å². The highest BCUT2D eigenvalue weighted by molar-refractivity contribution is 7.86. The lowest BCUT2D eigenvalue weighted by molar-refractivity contribution is 0.416. The van der Waals surface area contributed by atoms with Gasteiger partial charge in [-0.3, -0.25) is 9.11 Å². The van der Waals surface area contributed by atoms with E-state index >= 15 is 0 Å². The first kappa shape index (κ1) is 42.6. The third-order valence-electron chi connectivity index (χ3n) is 9.59. The van der Waals surface area contributed by atoms with Crippen molar-refractivity contribution in [3.8, 4) is 23.3 Å². The van der Waals surface area contributed by atoms with E-state index in [0.717, 1.165) is 11.6 Å². The van der Waals surface area contributed by atoms with Crippen LogP contribution in [0.1, 0.15) is 11.1 Å². The van der Waals surface area contributed by atoms with Crippen molar-refractivity contribution in [2.24, 2.45) is 20.5 Å². The van der Waals surface area contributed by atoms with Gasteiger partial charge in [-0.1, -0.05) is 60.7 Å². The molecule has 0 atom stereocenters. The molecule has 0 unspecified atom stereocenters. The zero-order chi connectivity index (χ0) is 45.2. The van der Waals surface area contributed by atoms with Crippen LogP contribution in [-0.4, -0.2) is 63.3 Å². The molecule has 7 aromatic carbocycles. The number of fused-ring (bicyclic) bond motifs is 2. The maximum atomic E-state index is 11.7. The molecular formula is C43H33N9O10S2. The average Bonchev–Trinajstić information content (AvgIpc) is 3.25. The van der Waals surface area contributed by atoms with Crippen LogP contribution in [0, 0.1) is 0 Å². The molecule has 0 bridgehead atoms. The molecule has 0 saturated carbocycles. The molecule has 322 valence electrons. The Labute approximate surface area is 363 Å². The quantitative estimate of drug-likeness (QED) is 0.0418. The zero-order valence-corrected chi connectivity index (χ0v) is 34.7. The molecule has 0 spiro atoms. The lowest BCUT2D eigenvalue weighted by Gasteiger charge is -2.13. The van der Waals surface area contributed by atoms with Crippen molar-refractivity contribution in [1.29, 1.82) is 0 Å². The number of benzene rings is 7. The standard InChI is InChI=1S/C43H33N9O10S2/c1-62-38-23-35(51-49-32-12-3-7-27-8-4-13-37(53)39(27)32)34(45-42-46-41(47-43(55)48-42)44-28-9-5-11-30(21-28)64(59,60)61)22-36(38)52-50-33-17-16-26-15-14-25(20-31(26)40(33)54)18-24-6-2-10-29(19-24)63(56,57)58/h2-17,19-23,53-54H,18H2,1H3,(H,56,57,58)(H,59,60,61)(H3,44,45,46,47,48,55). The highest BCUT2D eigenvalue weighted by Crippen LogP contribution is 2.43. The lowest BCUT2D eigenvalue weighted by Crippen LogP contribution is -2.04. The monoisotopic (exact) mass is 899 g/mol. The first-order valence-corrected chi connectivity index (χ1v) is 21.6. The number of hydrogen-bond acceptors (Lipinski definition) is 17. The normalized spacial score (nSPS) is 12.0. The summed E-state index contributed by atoms with van der Waals surface area (Å²) in [6.07, 6.45) is 0.292. The minimum atomic E-state index is -4.53. The number of phenols is 2. The lowest BCUT2D eigenvalue weighted by atomic mass is 10.0. The number of nitrogens with zero attached hydrogens (tertiary/aromatic N) is 7. The van der Waals surface area contributed by atoms with Gasteiger partial charge in [-0.15, -0.1) is 20.5 Å². The highest BCUT2D eigenvalue weighted by Gasteiger charge is 2.17. The SMILES string of the molecule is COc1cc(N=Nc2cccc3cccc(O)c23)c(Nc2nc(O)nc(Nc3cccc(S(=O)(=O)O)c3)n2)cc1N=Nc1ccc2ccc(Cc3cccc(S(=O)(=O)O)c3)cc2c1O. The van der Waals surface area contributed by atoms with E-state index in [9.17, 15) is 41.3 Å². The molecule has 0 aliphatic rings. The van der Waals surface area contributed by atoms with Crippen LogP contribution >= 0.6 is 0 Å². The minimum absolute atomic E-state index is 0.0137. The number of phenolic OH excluding ortho intramolecular Hbond substituents is 2. The predicted octanol–water partition coefficient (Wildman–Crippen LogP) is 9.71. The fraction of sp³-hybridized carbons (Fsp3) is 0.0465. The zero-order valence-electron chi connectivity index (χ0n) is 33.1. The molecular weight excluding hydrogens is 867 g/mol. The Hall–Kier alpha value is -8.11. The molecule has 0 aliphatic carbocycles. The molecule has 7 N–H and O–H groups in total. The highest BCUT2D eigenvalue weighted by atomic mass is 32.2. The van der Waals surface area contributed by atoms with Crippen LogP contribution in [0.4, 0.5) is 46.0 Å². The van der Waals surface area contributed by atoms with Gasteiger partial charge < -0.3 is 30.7 Å². The number of anilines is 4. The van der Waals surface area contributed by atoms with Crippen molar-refractivity contribution in [3.05, 3.63) is 139 Å². The van der Waals surface area contributed by atoms with Crippen LogP contribution < -0.4 is 15.4 Å². The average molecular weight is 900 g/mol. The molecule has 0 radical (unpaired) electrons. The number of hydrogen-bond donors (Lipinski definition) is 7. The smallest absolute Gasteiger partial charge is 0.320 e. The van der Waals surface area contributed by atoms with E-state index in [0.29, 0.717) is 39.2 Å². The molecule has 21 heteroatoms. The maximum Gasteiger partial charge on any atom is 0.320 e. The molecule has 1 aromatic heterocycles. The molecule has 0 fully saturated rings. The third kappa shape index (κ3) is 9.51. The van der Waals surface area contributed by atoms with Crippen molar-refractivity contribution >= 4 is 87.8 Å². The van der Waals surface area contributed by atoms with Gasteiger partial charge >= 0.3 is 6.01 Å². The minimum Gasteiger partial charge on any atom is -0.507 e. The number of nitrogens with one attached hydrogen (secondary N) is 2. The van der Waals surface area contributed by atoms with Gasteiger partial charge in [-0.2, -0.15) is 31.8 Å². The molecule has 0 aliphatic heterocycles. The first-order valence-electron chi connectivity index (χ1n) is 18.8. The van der Waals surface area contributed by atoms with Gasteiger partial charge in [0, 0.05) is 17.1 Å². The van der Waals surface area contributed by atoms with E-state index in [2.05, 4.69) is 46.0 Å². The summed E-state index contributed by atoms with van der Waals surface area (Å²) < 4.78 is 71.5. The molecule has 19 nitrogen and oxygen atoms in total. The summed E-state index contributed by atoms with van der Waals surface area (Å²) in [6, 6.07) is 32.2. The van der Waals surface area contributed by atoms with E-state index in [1.165, 1.54) is 61.7 Å². The van der Waals surface area contributed by atoms with Crippen LogP contribution in [0.25, 0.3) is 21.5 Å². The molecule has 1 heterocycles. The summed E-state index contributed by atoms with van der Waals surface area (Å²) in [5, 5.41) is 58.3. The van der Waals surface area contributed by atoms with Crippen molar-refractivity contribution < 1.29 is 46.0 Å². The Bertz CT molecular complexity index is 3420. The largest absolute Gasteiger partial charge is 0.507 e. The van der Waals surface area contributed by atoms with Crippen molar-refractivity contribution in [3.63, 3.8) is 0 Å². The molecule has 64 heavy (non-hydrogen) atoms.